The third-order valence-electron chi connectivity index (χ3n) is 5.66. The minimum Gasteiger partial charge on any atom is -0.497 e. The first-order valence-corrected chi connectivity index (χ1v) is 9.79. The fourth-order valence-corrected chi connectivity index (χ4v) is 3.76. The molecule has 2 aromatic carbocycles. The van der Waals surface area contributed by atoms with Crippen LogP contribution in [0.3, 0.4) is 0 Å². The molecule has 1 aliphatic heterocycles. The van der Waals surface area contributed by atoms with E-state index in [0.29, 0.717) is 31.5 Å². The molecule has 1 saturated heterocycles. The van der Waals surface area contributed by atoms with E-state index in [4.69, 9.17) is 10.5 Å². The second-order valence-corrected chi connectivity index (χ2v) is 7.42. The third-order valence-corrected chi connectivity index (χ3v) is 5.66. The summed E-state index contributed by atoms with van der Waals surface area (Å²) in [6, 6.07) is 16.6. The number of Topliss-reactive ketones (excluding diaryl/α,β-unsaturated/α-hetero) is 1. The highest BCUT2D eigenvalue weighted by atomic mass is 35.5. The Morgan fingerprint density at radius 3 is 2.17 bits per heavy atom. The molecule has 0 aliphatic carbocycles. The van der Waals surface area contributed by atoms with Gasteiger partial charge in [-0.25, -0.2) is 0 Å². The maximum Gasteiger partial charge on any atom is 0.227 e. The number of rotatable bonds is 6. The molecule has 2 N–H and O–H groups in total. The summed E-state index contributed by atoms with van der Waals surface area (Å²) in [4.78, 5) is 27.5. The molecule has 1 fully saturated rings. The normalized spacial score (nSPS) is 16.4. The van der Waals surface area contributed by atoms with E-state index in [9.17, 15) is 9.59 Å². The quantitative estimate of drug-likeness (QED) is 0.725. The molecule has 6 heteroatoms. The Labute approximate surface area is 178 Å². The summed E-state index contributed by atoms with van der Waals surface area (Å²) < 4.78 is 5.14. The number of ketones is 1. The first-order chi connectivity index (χ1) is 13.5. The fraction of sp³-hybridized carbons (Fsp3) is 0.391. The molecule has 0 aromatic heterocycles. The summed E-state index contributed by atoms with van der Waals surface area (Å²) in [7, 11) is 1.61. The van der Waals surface area contributed by atoms with Gasteiger partial charge in [0.2, 0.25) is 5.91 Å². The van der Waals surface area contributed by atoms with Gasteiger partial charge in [-0.15, -0.1) is 12.4 Å². The molecule has 0 saturated carbocycles. The van der Waals surface area contributed by atoms with Crippen LogP contribution in [0.1, 0.15) is 41.7 Å². The Hall–Kier alpha value is -2.37. The SMILES string of the molecule is COc1ccc(C(=O)C2CCN(C(=O)C(C)C(N)c3ccccc3)CC2)cc1.Cl. The summed E-state index contributed by atoms with van der Waals surface area (Å²) in [5.74, 6) is 0.600. The molecule has 29 heavy (non-hydrogen) atoms. The average molecular weight is 417 g/mol. The lowest BCUT2D eigenvalue weighted by Crippen LogP contribution is -2.44. The van der Waals surface area contributed by atoms with E-state index in [1.54, 1.807) is 31.4 Å². The standard InChI is InChI=1S/C23H28N2O3.ClH/c1-16(21(24)17-6-4-3-5-7-17)23(27)25-14-12-19(13-15-25)22(26)18-8-10-20(28-2)11-9-18;/h3-11,16,19,21H,12-15,24H2,1-2H3;1H. The number of piperidine rings is 1. The summed E-state index contributed by atoms with van der Waals surface area (Å²) in [6.07, 6.45) is 1.37. The van der Waals surface area contributed by atoms with Gasteiger partial charge in [0.1, 0.15) is 5.75 Å². The van der Waals surface area contributed by atoms with Crippen molar-refractivity contribution in [1.29, 1.82) is 0 Å². The Morgan fingerprint density at radius 1 is 1.03 bits per heavy atom. The Balaban J connectivity index is 0.00000300. The molecule has 0 bridgehead atoms. The van der Waals surface area contributed by atoms with Crippen molar-refractivity contribution in [3.63, 3.8) is 0 Å². The van der Waals surface area contributed by atoms with E-state index in [1.807, 2.05) is 42.2 Å². The molecule has 3 rings (SSSR count). The first kappa shape index (κ1) is 22.9. The summed E-state index contributed by atoms with van der Waals surface area (Å²) in [5.41, 5.74) is 7.97. The van der Waals surface area contributed by atoms with Gasteiger partial charge in [0.15, 0.2) is 5.78 Å². The number of nitrogens with two attached hydrogens (primary N) is 1. The summed E-state index contributed by atoms with van der Waals surface area (Å²) >= 11 is 0. The molecular formula is C23H29ClN2O3. The van der Waals surface area contributed by atoms with Crippen molar-refractivity contribution in [2.75, 3.05) is 20.2 Å². The molecule has 1 amide bonds. The lowest BCUT2D eigenvalue weighted by Gasteiger charge is -2.34. The van der Waals surface area contributed by atoms with Crippen LogP contribution in [0.2, 0.25) is 0 Å². The van der Waals surface area contributed by atoms with Crippen LogP contribution in [0.5, 0.6) is 5.75 Å². The van der Waals surface area contributed by atoms with Crippen LogP contribution in [0.15, 0.2) is 54.6 Å². The van der Waals surface area contributed by atoms with Gasteiger partial charge in [0, 0.05) is 30.6 Å². The van der Waals surface area contributed by atoms with E-state index in [0.717, 1.165) is 11.3 Å². The first-order valence-electron chi connectivity index (χ1n) is 9.79. The molecular weight excluding hydrogens is 388 g/mol. The van der Waals surface area contributed by atoms with Gasteiger partial charge >= 0.3 is 0 Å². The molecule has 0 spiro atoms. The second-order valence-electron chi connectivity index (χ2n) is 7.42. The number of amides is 1. The number of halogens is 1. The van der Waals surface area contributed by atoms with Gasteiger partial charge in [-0.2, -0.15) is 0 Å². The van der Waals surface area contributed by atoms with Gasteiger partial charge in [0.25, 0.3) is 0 Å². The van der Waals surface area contributed by atoms with Crippen LogP contribution in [0.25, 0.3) is 0 Å². The number of ether oxygens (including phenoxy) is 1. The van der Waals surface area contributed by atoms with Crippen molar-refractivity contribution in [3.05, 3.63) is 65.7 Å². The number of methoxy groups -OCH3 is 1. The third kappa shape index (κ3) is 5.37. The zero-order chi connectivity index (χ0) is 20.1. The minimum atomic E-state index is -0.327. The number of likely N-dealkylation sites (tertiary alicyclic amines) is 1. The maximum atomic E-state index is 12.9. The Kier molecular flexibility index (Phi) is 8.23. The predicted octanol–water partition coefficient (Wildman–Crippen LogP) is 3.87. The lowest BCUT2D eigenvalue weighted by atomic mass is 9.87. The van der Waals surface area contributed by atoms with Crippen LogP contribution < -0.4 is 10.5 Å². The molecule has 1 heterocycles. The second kappa shape index (κ2) is 10.4. The van der Waals surface area contributed by atoms with Crippen LogP contribution in [0.4, 0.5) is 0 Å². The molecule has 1 aliphatic rings. The number of benzene rings is 2. The van der Waals surface area contributed by atoms with Crippen LogP contribution in [-0.4, -0.2) is 36.8 Å². The molecule has 2 unspecified atom stereocenters. The number of carbonyl (C=O) groups is 2. The zero-order valence-corrected chi connectivity index (χ0v) is 17.7. The van der Waals surface area contributed by atoms with Crippen LogP contribution >= 0.6 is 12.4 Å². The molecule has 2 atom stereocenters. The molecule has 156 valence electrons. The van der Waals surface area contributed by atoms with Gasteiger partial charge in [-0.05, 0) is 42.7 Å². The smallest absolute Gasteiger partial charge is 0.227 e. The molecule has 5 nitrogen and oxygen atoms in total. The largest absolute Gasteiger partial charge is 0.497 e. The van der Waals surface area contributed by atoms with Gasteiger partial charge < -0.3 is 15.4 Å². The predicted molar refractivity (Wildman–Crippen MR) is 116 cm³/mol. The van der Waals surface area contributed by atoms with Crippen molar-refractivity contribution in [2.45, 2.75) is 25.8 Å². The highest BCUT2D eigenvalue weighted by molar-refractivity contribution is 5.98. The molecule has 2 aromatic rings. The van der Waals surface area contributed by atoms with Gasteiger partial charge in [-0.3, -0.25) is 9.59 Å². The number of carbonyl (C=O) groups excluding carboxylic acids is 2. The van der Waals surface area contributed by atoms with E-state index < -0.39 is 0 Å². The monoisotopic (exact) mass is 416 g/mol. The number of hydrogen-bond donors (Lipinski definition) is 1. The highest BCUT2D eigenvalue weighted by Gasteiger charge is 2.32. The zero-order valence-electron chi connectivity index (χ0n) is 16.9. The van der Waals surface area contributed by atoms with Crippen molar-refractivity contribution in [2.24, 2.45) is 17.6 Å². The molecule has 0 radical (unpaired) electrons. The Morgan fingerprint density at radius 2 is 1.62 bits per heavy atom. The lowest BCUT2D eigenvalue weighted by molar-refractivity contribution is -0.137. The van der Waals surface area contributed by atoms with Gasteiger partial charge in [-0.1, -0.05) is 37.3 Å². The highest BCUT2D eigenvalue weighted by Crippen LogP contribution is 2.26. The average Bonchev–Trinajstić information content (AvgIpc) is 2.78. The Bertz CT molecular complexity index is 803. The summed E-state index contributed by atoms with van der Waals surface area (Å²) in [6.45, 7) is 3.07. The fourth-order valence-electron chi connectivity index (χ4n) is 3.76. The van der Waals surface area contributed by atoms with Crippen LogP contribution in [0, 0.1) is 11.8 Å². The van der Waals surface area contributed by atoms with E-state index in [-0.39, 0.29) is 42.0 Å². The van der Waals surface area contributed by atoms with E-state index in [2.05, 4.69) is 0 Å². The van der Waals surface area contributed by atoms with Crippen molar-refractivity contribution < 1.29 is 14.3 Å². The number of hydrogen-bond acceptors (Lipinski definition) is 4. The van der Waals surface area contributed by atoms with Crippen molar-refractivity contribution in [3.8, 4) is 5.75 Å². The topological polar surface area (TPSA) is 72.6 Å². The van der Waals surface area contributed by atoms with E-state index in [1.165, 1.54) is 0 Å². The van der Waals surface area contributed by atoms with Crippen molar-refractivity contribution >= 4 is 24.1 Å². The van der Waals surface area contributed by atoms with Crippen LogP contribution in [-0.2, 0) is 4.79 Å². The number of nitrogens with zero attached hydrogens (tertiary/aromatic N) is 1. The summed E-state index contributed by atoms with van der Waals surface area (Å²) in [5, 5.41) is 0. The maximum absolute atomic E-state index is 12.9. The van der Waals surface area contributed by atoms with Gasteiger partial charge in [0.05, 0.1) is 13.0 Å². The van der Waals surface area contributed by atoms with Crippen molar-refractivity contribution in [1.82, 2.24) is 4.90 Å². The minimum absolute atomic E-state index is 0. The van der Waals surface area contributed by atoms with E-state index >= 15 is 0 Å².